The number of aromatic nitrogens is 2. The van der Waals surface area contributed by atoms with Crippen molar-refractivity contribution in [3.63, 3.8) is 0 Å². The maximum Gasteiger partial charge on any atom is 0.255 e. The molecule has 144 valence electrons. The minimum Gasteiger partial charge on any atom is -0.371 e. The van der Waals surface area contributed by atoms with Crippen LogP contribution in [0.4, 0.5) is 11.4 Å². The first-order chi connectivity index (χ1) is 13.7. The van der Waals surface area contributed by atoms with Gasteiger partial charge in [-0.25, -0.2) is 0 Å². The van der Waals surface area contributed by atoms with E-state index in [2.05, 4.69) is 20.4 Å². The van der Waals surface area contributed by atoms with E-state index in [-0.39, 0.29) is 11.7 Å². The van der Waals surface area contributed by atoms with E-state index in [9.17, 15) is 4.79 Å². The topological polar surface area (TPSA) is 79.5 Å². The van der Waals surface area contributed by atoms with Crippen LogP contribution < -0.4 is 10.2 Å². The number of H-pyrrole nitrogens is 1. The number of rotatable bonds is 3. The molecule has 2 N–H and O–H groups in total. The highest BCUT2D eigenvalue weighted by atomic mass is 16.7. The van der Waals surface area contributed by atoms with Crippen molar-refractivity contribution in [2.24, 2.45) is 0 Å². The Kier molecular flexibility index (Phi) is 4.26. The molecule has 3 aromatic rings. The number of anilines is 2. The van der Waals surface area contributed by atoms with Crippen molar-refractivity contribution >= 4 is 28.2 Å². The highest BCUT2D eigenvalue weighted by Gasteiger charge is 2.39. The van der Waals surface area contributed by atoms with Crippen molar-refractivity contribution in [1.29, 1.82) is 0 Å². The van der Waals surface area contributed by atoms with E-state index in [1.807, 2.05) is 42.5 Å². The number of ether oxygens (including phenoxy) is 2. The van der Waals surface area contributed by atoms with Gasteiger partial charge in [-0.15, -0.1) is 0 Å². The summed E-state index contributed by atoms with van der Waals surface area (Å²) in [7, 11) is 0. The Labute approximate surface area is 162 Å². The molecular formula is C21H22N4O3. The van der Waals surface area contributed by atoms with E-state index in [0.717, 1.165) is 48.2 Å². The molecule has 0 bridgehead atoms. The SMILES string of the molecule is O=C(Nc1ccc2[nH]ncc2c1)c1ccc(N2CCC3(CC2)OCCO3)cc1. The fourth-order valence-corrected chi connectivity index (χ4v) is 3.94. The summed E-state index contributed by atoms with van der Waals surface area (Å²) in [6.45, 7) is 3.15. The zero-order valence-corrected chi connectivity index (χ0v) is 15.5. The summed E-state index contributed by atoms with van der Waals surface area (Å²) in [5, 5.41) is 10.8. The number of benzene rings is 2. The second-order valence-corrected chi connectivity index (χ2v) is 7.27. The van der Waals surface area contributed by atoms with Gasteiger partial charge in [-0.1, -0.05) is 0 Å². The zero-order valence-electron chi connectivity index (χ0n) is 15.5. The van der Waals surface area contributed by atoms with Gasteiger partial charge in [0.05, 0.1) is 24.9 Å². The predicted molar refractivity (Wildman–Crippen MR) is 107 cm³/mol. The van der Waals surface area contributed by atoms with Crippen LogP contribution in [0.5, 0.6) is 0 Å². The molecule has 1 aromatic heterocycles. The van der Waals surface area contributed by atoms with Crippen molar-refractivity contribution in [2.45, 2.75) is 18.6 Å². The number of carbonyl (C=O) groups excluding carboxylic acids is 1. The lowest BCUT2D eigenvalue weighted by atomic mass is 10.0. The lowest BCUT2D eigenvalue weighted by Gasteiger charge is -2.38. The smallest absolute Gasteiger partial charge is 0.255 e. The van der Waals surface area contributed by atoms with Crippen LogP contribution in [-0.4, -0.2) is 48.2 Å². The number of nitrogens with zero attached hydrogens (tertiary/aromatic N) is 2. The van der Waals surface area contributed by atoms with Gasteiger partial charge in [-0.05, 0) is 42.5 Å². The van der Waals surface area contributed by atoms with Gasteiger partial charge in [0.1, 0.15) is 0 Å². The molecule has 0 saturated carbocycles. The molecule has 0 radical (unpaired) electrons. The van der Waals surface area contributed by atoms with Crippen LogP contribution in [-0.2, 0) is 9.47 Å². The Morgan fingerprint density at radius 2 is 1.82 bits per heavy atom. The van der Waals surface area contributed by atoms with Gasteiger partial charge >= 0.3 is 0 Å². The van der Waals surface area contributed by atoms with E-state index >= 15 is 0 Å². The molecule has 7 nitrogen and oxygen atoms in total. The fraction of sp³-hybridized carbons (Fsp3) is 0.333. The number of hydrogen-bond acceptors (Lipinski definition) is 5. The monoisotopic (exact) mass is 378 g/mol. The molecule has 5 rings (SSSR count). The van der Waals surface area contributed by atoms with Crippen molar-refractivity contribution in [3.8, 4) is 0 Å². The van der Waals surface area contributed by atoms with Gasteiger partial charge in [-0.3, -0.25) is 9.89 Å². The summed E-state index contributed by atoms with van der Waals surface area (Å²) in [6, 6.07) is 13.4. The van der Waals surface area contributed by atoms with Crippen LogP contribution >= 0.6 is 0 Å². The first-order valence-electron chi connectivity index (χ1n) is 9.58. The number of hydrogen-bond donors (Lipinski definition) is 2. The highest BCUT2D eigenvalue weighted by Crippen LogP contribution is 2.33. The summed E-state index contributed by atoms with van der Waals surface area (Å²) in [4.78, 5) is 14.9. The number of piperidine rings is 1. The lowest BCUT2D eigenvalue weighted by molar-refractivity contribution is -0.169. The van der Waals surface area contributed by atoms with Crippen LogP contribution in [0.25, 0.3) is 10.9 Å². The molecule has 1 amide bonds. The van der Waals surface area contributed by atoms with Gasteiger partial charge < -0.3 is 19.7 Å². The fourth-order valence-electron chi connectivity index (χ4n) is 3.94. The summed E-state index contributed by atoms with van der Waals surface area (Å²) in [5.74, 6) is -0.494. The normalized spacial score (nSPS) is 18.6. The molecule has 2 aliphatic rings. The predicted octanol–water partition coefficient (Wildman–Crippen LogP) is 3.16. The summed E-state index contributed by atoms with van der Waals surface area (Å²) in [6.07, 6.45) is 3.47. The van der Waals surface area contributed by atoms with E-state index in [1.165, 1.54) is 0 Å². The third kappa shape index (κ3) is 3.23. The Morgan fingerprint density at radius 1 is 1.07 bits per heavy atom. The van der Waals surface area contributed by atoms with Gasteiger partial charge in [0.25, 0.3) is 5.91 Å². The van der Waals surface area contributed by atoms with Crippen LogP contribution in [0, 0.1) is 0 Å². The average molecular weight is 378 g/mol. The molecule has 2 fully saturated rings. The number of amides is 1. The van der Waals surface area contributed by atoms with Gasteiger partial charge in [0.15, 0.2) is 5.79 Å². The number of aromatic amines is 1. The third-order valence-electron chi connectivity index (χ3n) is 5.53. The Hall–Kier alpha value is -2.90. The molecule has 0 aliphatic carbocycles. The number of fused-ring (bicyclic) bond motifs is 1. The minimum atomic E-state index is -0.369. The lowest BCUT2D eigenvalue weighted by Crippen LogP contribution is -2.45. The molecule has 2 saturated heterocycles. The summed E-state index contributed by atoms with van der Waals surface area (Å²) >= 11 is 0. The van der Waals surface area contributed by atoms with Gasteiger partial charge in [0.2, 0.25) is 0 Å². The maximum absolute atomic E-state index is 12.6. The molecular weight excluding hydrogens is 356 g/mol. The molecule has 2 aliphatic heterocycles. The van der Waals surface area contributed by atoms with Crippen molar-refractivity contribution in [2.75, 3.05) is 36.5 Å². The summed E-state index contributed by atoms with van der Waals surface area (Å²) < 4.78 is 11.6. The third-order valence-corrected chi connectivity index (χ3v) is 5.53. The molecule has 7 heteroatoms. The zero-order chi connectivity index (χ0) is 19.0. The maximum atomic E-state index is 12.6. The Morgan fingerprint density at radius 3 is 2.57 bits per heavy atom. The van der Waals surface area contributed by atoms with Crippen LogP contribution in [0.1, 0.15) is 23.2 Å². The van der Waals surface area contributed by atoms with Crippen LogP contribution in [0.15, 0.2) is 48.7 Å². The molecule has 3 heterocycles. The molecule has 28 heavy (non-hydrogen) atoms. The molecule has 2 aromatic carbocycles. The quantitative estimate of drug-likeness (QED) is 0.732. The minimum absolute atomic E-state index is 0.125. The Balaban J connectivity index is 1.23. The van der Waals surface area contributed by atoms with Crippen molar-refractivity contribution < 1.29 is 14.3 Å². The van der Waals surface area contributed by atoms with E-state index < -0.39 is 0 Å². The number of nitrogens with one attached hydrogen (secondary N) is 2. The standard InChI is InChI=1S/C21H22N4O3/c26-20(23-17-3-6-19-16(13-17)14-22-24-19)15-1-4-18(5-2-15)25-9-7-21(8-10-25)27-11-12-28-21/h1-6,13-14H,7-12H2,(H,22,24)(H,23,26). The molecule has 0 atom stereocenters. The van der Waals surface area contributed by atoms with E-state index in [1.54, 1.807) is 6.20 Å². The second-order valence-electron chi connectivity index (χ2n) is 7.27. The number of carbonyl (C=O) groups is 1. The Bertz CT molecular complexity index is 982. The van der Waals surface area contributed by atoms with E-state index in [0.29, 0.717) is 18.8 Å². The first kappa shape index (κ1) is 17.2. The van der Waals surface area contributed by atoms with Crippen molar-refractivity contribution in [3.05, 3.63) is 54.2 Å². The van der Waals surface area contributed by atoms with Crippen LogP contribution in [0.3, 0.4) is 0 Å². The molecule has 1 spiro atoms. The molecule has 0 unspecified atom stereocenters. The van der Waals surface area contributed by atoms with Crippen LogP contribution in [0.2, 0.25) is 0 Å². The highest BCUT2D eigenvalue weighted by molar-refractivity contribution is 6.05. The average Bonchev–Trinajstić information content (AvgIpc) is 3.38. The first-order valence-corrected chi connectivity index (χ1v) is 9.58. The van der Waals surface area contributed by atoms with Gasteiger partial charge in [0, 0.05) is 48.3 Å². The van der Waals surface area contributed by atoms with Gasteiger partial charge in [-0.2, -0.15) is 5.10 Å². The second kappa shape index (κ2) is 6.92. The van der Waals surface area contributed by atoms with E-state index in [4.69, 9.17) is 9.47 Å². The van der Waals surface area contributed by atoms with Crippen molar-refractivity contribution in [1.82, 2.24) is 10.2 Å². The largest absolute Gasteiger partial charge is 0.371 e. The summed E-state index contributed by atoms with van der Waals surface area (Å²) in [5.41, 5.74) is 3.44.